The number of hydrogen-bond donors (Lipinski definition) is 0. The zero-order chi connectivity index (χ0) is 17.6. The fourth-order valence-electron chi connectivity index (χ4n) is 3.11. The fourth-order valence-corrected chi connectivity index (χ4v) is 3.11. The third-order valence-electron chi connectivity index (χ3n) is 4.41. The molecule has 2 unspecified atom stereocenters. The zero-order valence-corrected chi connectivity index (χ0v) is 15.6. The molecule has 2 atom stereocenters. The Labute approximate surface area is 140 Å². The van der Waals surface area contributed by atoms with Gasteiger partial charge in [-0.05, 0) is 58.8 Å². The minimum absolute atomic E-state index is 0.0613. The lowest BCUT2D eigenvalue weighted by molar-refractivity contribution is -0.148. The monoisotopic (exact) mass is 327 g/mol. The van der Waals surface area contributed by atoms with Gasteiger partial charge in [0.1, 0.15) is 5.60 Å². The Hall–Kier alpha value is -1.26. The van der Waals surface area contributed by atoms with Crippen molar-refractivity contribution in [1.82, 2.24) is 4.90 Å². The number of amides is 1. The van der Waals surface area contributed by atoms with Crippen molar-refractivity contribution in [3.63, 3.8) is 0 Å². The lowest BCUT2D eigenvalue weighted by atomic mass is 9.81. The smallest absolute Gasteiger partial charge is 0.410 e. The molecule has 0 aliphatic carbocycles. The summed E-state index contributed by atoms with van der Waals surface area (Å²) in [6, 6.07) is 0. The van der Waals surface area contributed by atoms with Gasteiger partial charge < -0.3 is 14.4 Å². The lowest BCUT2D eigenvalue weighted by Gasteiger charge is -2.36. The van der Waals surface area contributed by atoms with Crippen molar-refractivity contribution in [3.8, 4) is 0 Å². The van der Waals surface area contributed by atoms with Gasteiger partial charge in [0.05, 0.1) is 12.5 Å². The molecule has 134 valence electrons. The van der Waals surface area contributed by atoms with E-state index in [1.807, 2.05) is 34.6 Å². The predicted octanol–water partition coefficient (Wildman–Crippen LogP) is 3.86. The molecule has 0 spiro atoms. The van der Waals surface area contributed by atoms with Crippen molar-refractivity contribution in [1.29, 1.82) is 0 Å². The summed E-state index contributed by atoms with van der Waals surface area (Å²) in [6.07, 6.45) is 2.56. The molecule has 1 rings (SSSR count). The summed E-state index contributed by atoms with van der Waals surface area (Å²) < 4.78 is 10.5. The van der Waals surface area contributed by atoms with E-state index < -0.39 is 5.60 Å². The van der Waals surface area contributed by atoms with E-state index >= 15 is 0 Å². The molecule has 0 bridgehead atoms. The molecule has 0 aromatic carbocycles. The van der Waals surface area contributed by atoms with Gasteiger partial charge in [-0.2, -0.15) is 0 Å². The van der Waals surface area contributed by atoms with Crippen LogP contribution in [0, 0.1) is 17.8 Å². The normalized spacial score (nSPS) is 19.1. The number of carbonyl (C=O) groups is 2. The van der Waals surface area contributed by atoms with Gasteiger partial charge >= 0.3 is 12.1 Å². The molecule has 1 amide bonds. The second-order valence-electron chi connectivity index (χ2n) is 7.67. The quantitative estimate of drug-likeness (QED) is 0.720. The molecular weight excluding hydrogens is 294 g/mol. The predicted molar refractivity (Wildman–Crippen MR) is 90.1 cm³/mol. The molecule has 1 fully saturated rings. The van der Waals surface area contributed by atoms with Crippen molar-refractivity contribution in [2.45, 2.75) is 66.4 Å². The molecule has 5 heteroatoms. The molecule has 23 heavy (non-hydrogen) atoms. The molecule has 1 aliphatic heterocycles. The van der Waals surface area contributed by atoms with E-state index in [4.69, 9.17) is 9.47 Å². The Balaban J connectivity index is 2.40. The van der Waals surface area contributed by atoms with Crippen LogP contribution in [0.15, 0.2) is 0 Å². The van der Waals surface area contributed by atoms with Crippen LogP contribution in [0.3, 0.4) is 0 Å². The summed E-state index contributed by atoms with van der Waals surface area (Å²) in [5, 5.41) is 0. The largest absolute Gasteiger partial charge is 0.466 e. The number of likely N-dealkylation sites (tertiary alicyclic amines) is 1. The fraction of sp³-hybridized carbons (Fsp3) is 0.889. The van der Waals surface area contributed by atoms with Gasteiger partial charge in [-0.25, -0.2) is 4.79 Å². The van der Waals surface area contributed by atoms with Crippen LogP contribution < -0.4 is 0 Å². The maximum Gasteiger partial charge on any atom is 0.410 e. The Morgan fingerprint density at radius 1 is 1.17 bits per heavy atom. The number of carbonyl (C=O) groups excluding carboxylic acids is 2. The van der Waals surface area contributed by atoms with Crippen LogP contribution in [0.4, 0.5) is 4.79 Å². The first kappa shape index (κ1) is 19.8. The molecule has 0 aromatic heterocycles. The van der Waals surface area contributed by atoms with Gasteiger partial charge in [0.2, 0.25) is 0 Å². The average Bonchev–Trinajstić information content (AvgIpc) is 2.45. The number of piperidine rings is 1. The van der Waals surface area contributed by atoms with Gasteiger partial charge in [-0.15, -0.1) is 0 Å². The molecule has 1 aliphatic rings. The molecule has 0 saturated carbocycles. The van der Waals surface area contributed by atoms with Gasteiger partial charge in [0.15, 0.2) is 0 Å². The van der Waals surface area contributed by atoms with E-state index in [-0.39, 0.29) is 18.0 Å². The van der Waals surface area contributed by atoms with Crippen molar-refractivity contribution in [2.24, 2.45) is 17.8 Å². The van der Waals surface area contributed by atoms with E-state index in [1.165, 1.54) is 0 Å². The third-order valence-corrected chi connectivity index (χ3v) is 4.41. The maximum absolute atomic E-state index is 12.1. The molecule has 5 nitrogen and oxygen atoms in total. The number of ether oxygens (including phenoxy) is 2. The highest BCUT2D eigenvalue weighted by atomic mass is 16.6. The Kier molecular flexibility index (Phi) is 7.36. The second-order valence-corrected chi connectivity index (χ2v) is 7.67. The first-order chi connectivity index (χ1) is 10.6. The maximum atomic E-state index is 12.1. The highest BCUT2D eigenvalue weighted by Crippen LogP contribution is 2.30. The first-order valence-corrected chi connectivity index (χ1v) is 8.78. The Morgan fingerprint density at radius 2 is 1.74 bits per heavy atom. The van der Waals surface area contributed by atoms with E-state index in [1.54, 1.807) is 4.90 Å². The van der Waals surface area contributed by atoms with E-state index in [0.717, 1.165) is 32.4 Å². The Bertz CT molecular complexity index is 394. The van der Waals surface area contributed by atoms with Gasteiger partial charge in [-0.1, -0.05) is 13.8 Å². The number of esters is 1. The van der Waals surface area contributed by atoms with Gasteiger partial charge in [0, 0.05) is 13.1 Å². The van der Waals surface area contributed by atoms with Crippen LogP contribution in [-0.4, -0.2) is 42.3 Å². The molecule has 1 heterocycles. The first-order valence-electron chi connectivity index (χ1n) is 8.78. The SMILES string of the molecule is CCOC(=O)C(C)CC(C)C1CCN(C(=O)OC(C)(C)C)CC1. The summed E-state index contributed by atoms with van der Waals surface area (Å²) in [6.45, 7) is 13.5. The molecule has 1 saturated heterocycles. The zero-order valence-electron chi connectivity index (χ0n) is 15.6. The van der Waals surface area contributed by atoms with Crippen molar-refractivity contribution in [3.05, 3.63) is 0 Å². The molecule has 0 radical (unpaired) electrons. The minimum atomic E-state index is -0.448. The summed E-state index contributed by atoms with van der Waals surface area (Å²) in [5.41, 5.74) is -0.448. The summed E-state index contributed by atoms with van der Waals surface area (Å²) >= 11 is 0. The minimum Gasteiger partial charge on any atom is -0.466 e. The van der Waals surface area contributed by atoms with E-state index in [9.17, 15) is 9.59 Å². The van der Waals surface area contributed by atoms with Crippen molar-refractivity contribution < 1.29 is 19.1 Å². The Morgan fingerprint density at radius 3 is 2.22 bits per heavy atom. The van der Waals surface area contributed by atoms with Crippen LogP contribution in [0.5, 0.6) is 0 Å². The highest BCUT2D eigenvalue weighted by Gasteiger charge is 2.30. The number of hydrogen-bond acceptors (Lipinski definition) is 4. The van der Waals surface area contributed by atoms with Gasteiger partial charge in [0.25, 0.3) is 0 Å². The third kappa shape index (κ3) is 6.80. The highest BCUT2D eigenvalue weighted by molar-refractivity contribution is 5.71. The van der Waals surface area contributed by atoms with Crippen molar-refractivity contribution in [2.75, 3.05) is 19.7 Å². The van der Waals surface area contributed by atoms with Crippen LogP contribution in [-0.2, 0) is 14.3 Å². The second kappa shape index (κ2) is 8.55. The molecule has 0 N–H and O–H groups in total. The summed E-state index contributed by atoms with van der Waals surface area (Å²) in [5.74, 6) is 0.833. The van der Waals surface area contributed by atoms with Gasteiger partial charge in [-0.3, -0.25) is 4.79 Å². The van der Waals surface area contributed by atoms with Crippen LogP contribution >= 0.6 is 0 Å². The summed E-state index contributed by atoms with van der Waals surface area (Å²) in [4.78, 5) is 25.6. The van der Waals surface area contributed by atoms with Crippen LogP contribution in [0.1, 0.15) is 60.8 Å². The van der Waals surface area contributed by atoms with E-state index in [0.29, 0.717) is 18.4 Å². The topological polar surface area (TPSA) is 55.8 Å². The number of nitrogens with zero attached hydrogens (tertiary/aromatic N) is 1. The van der Waals surface area contributed by atoms with E-state index in [2.05, 4.69) is 6.92 Å². The van der Waals surface area contributed by atoms with Crippen LogP contribution in [0.2, 0.25) is 0 Å². The van der Waals surface area contributed by atoms with Crippen LogP contribution in [0.25, 0.3) is 0 Å². The average molecular weight is 327 g/mol. The van der Waals surface area contributed by atoms with Crippen molar-refractivity contribution >= 4 is 12.1 Å². The number of rotatable bonds is 5. The molecule has 0 aromatic rings. The molecular formula is C18H33NO4. The standard InChI is InChI=1S/C18H33NO4/c1-7-22-16(20)14(3)12-13(2)15-8-10-19(11-9-15)17(21)23-18(4,5)6/h13-15H,7-12H2,1-6H3. The summed E-state index contributed by atoms with van der Waals surface area (Å²) in [7, 11) is 0. The lowest BCUT2D eigenvalue weighted by Crippen LogP contribution is -2.42.